The highest BCUT2D eigenvalue weighted by molar-refractivity contribution is 7.25. The molecule has 2 heterocycles. The Morgan fingerprint density at radius 3 is 1.86 bits per heavy atom. The summed E-state index contributed by atoms with van der Waals surface area (Å²) < 4.78 is 8.92. The zero-order chi connectivity index (χ0) is 24.3. The maximum atomic E-state index is 6.26. The molecule has 37 heavy (non-hydrogen) atoms. The van der Waals surface area contributed by atoms with Gasteiger partial charge in [-0.3, -0.25) is 0 Å². The molecule has 0 bridgehead atoms. The third kappa shape index (κ3) is 3.11. The van der Waals surface area contributed by atoms with Gasteiger partial charge < -0.3 is 9.64 Å². The molecule has 1 aliphatic heterocycles. The summed E-state index contributed by atoms with van der Waals surface area (Å²) in [7, 11) is 0. The van der Waals surface area contributed by atoms with Gasteiger partial charge in [0.25, 0.3) is 0 Å². The molecule has 0 saturated carbocycles. The van der Waals surface area contributed by atoms with Crippen molar-refractivity contribution in [1.29, 1.82) is 0 Å². The lowest BCUT2D eigenvalue weighted by molar-refractivity contribution is 0.477. The fourth-order valence-electron chi connectivity index (χ4n) is 5.59. The SMILES string of the molecule is c1ccc2c(c1)Oc1ccccc1N2c1ccc(-c2ccc3sc4ccccc4c3c2)c2ccccc12. The van der Waals surface area contributed by atoms with E-state index in [-0.39, 0.29) is 0 Å². The summed E-state index contributed by atoms with van der Waals surface area (Å²) in [6.07, 6.45) is 0. The van der Waals surface area contributed by atoms with Crippen molar-refractivity contribution in [1.82, 2.24) is 0 Å². The van der Waals surface area contributed by atoms with E-state index in [1.807, 2.05) is 35.6 Å². The summed E-state index contributed by atoms with van der Waals surface area (Å²) in [6, 6.07) is 45.4. The molecule has 0 atom stereocenters. The minimum Gasteiger partial charge on any atom is -0.453 e. The summed E-state index contributed by atoms with van der Waals surface area (Å²) in [4.78, 5) is 2.33. The van der Waals surface area contributed by atoms with Gasteiger partial charge in [0.2, 0.25) is 0 Å². The van der Waals surface area contributed by atoms with Crippen molar-refractivity contribution in [2.75, 3.05) is 4.90 Å². The van der Waals surface area contributed by atoms with Crippen molar-refractivity contribution in [3.05, 3.63) is 127 Å². The quantitative estimate of drug-likeness (QED) is 0.238. The molecule has 7 aromatic rings. The molecule has 2 nitrogen and oxygen atoms in total. The van der Waals surface area contributed by atoms with Crippen LogP contribution >= 0.6 is 11.3 Å². The van der Waals surface area contributed by atoms with Gasteiger partial charge in [-0.2, -0.15) is 0 Å². The Balaban J connectivity index is 1.37. The van der Waals surface area contributed by atoms with E-state index in [0.29, 0.717) is 0 Å². The third-order valence-corrected chi connectivity index (χ3v) is 8.41. The Hall–Kier alpha value is -4.60. The Morgan fingerprint density at radius 1 is 0.459 bits per heavy atom. The normalized spacial score (nSPS) is 12.5. The summed E-state index contributed by atoms with van der Waals surface area (Å²) >= 11 is 1.86. The zero-order valence-corrected chi connectivity index (χ0v) is 20.7. The number of hydrogen-bond donors (Lipinski definition) is 0. The highest BCUT2D eigenvalue weighted by atomic mass is 32.1. The maximum Gasteiger partial charge on any atom is 0.151 e. The molecule has 1 aliphatic rings. The molecule has 0 saturated heterocycles. The Labute approximate surface area is 218 Å². The third-order valence-electron chi connectivity index (χ3n) is 7.26. The lowest BCUT2D eigenvalue weighted by Gasteiger charge is -2.33. The van der Waals surface area contributed by atoms with Crippen molar-refractivity contribution in [3.8, 4) is 22.6 Å². The Morgan fingerprint density at radius 2 is 1.08 bits per heavy atom. The van der Waals surface area contributed by atoms with Crippen LogP contribution in [0, 0.1) is 0 Å². The maximum absolute atomic E-state index is 6.26. The second kappa shape index (κ2) is 7.95. The standard InChI is InChI=1S/C34H21NOS/c1-2-10-25-24(9-1)23(22-17-20-34-27(21-22)26-11-3-8-16-33(26)37-34)18-19-28(25)35-29-12-4-6-14-31(29)36-32-15-7-5-13-30(32)35/h1-21H. The molecular weight excluding hydrogens is 470 g/mol. The highest BCUT2D eigenvalue weighted by Gasteiger charge is 2.26. The molecule has 6 aromatic carbocycles. The van der Waals surface area contributed by atoms with Crippen LogP contribution in [0.1, 0.15) is 0 Å². The van der Waals surface area contributed by atoms with Crippen LogP contribution < -0.4 is 9.64 Å². The predicted molar refractivity (Wildman–Crippen MR) is 157 cm³/mol. The van der Waals surface area contributed by atoms with E-state index in [9.17, 15) is 0 Å². The van der Waals surface area contributed by atoms with Gasteiger partial charge in [0.15, 0.2) is 11.5 Å². The van der Waals surface area contributed by atoms with Crippen molar-refractivity contribution in [3.63, 3.8) is 0 Å². The number of anilines is 3. The van der Waals surface area contributed by atoms with Gasteiger partial charge in [-0.05, 0) is 65.0 Å². The molecule has 0 amide bonds. The second-order valence-electron chi connectivity index (χ2n) is 9.36. The van der Waals surface area contributed by atoms with Gasteiger partial charge in [0.05, 0.1) is 17.1 Å². The number of benzene rings is 6. The number of rotatable bonds is 2. The number of ether oxygens (including phenoxy) is 1. The molecule has 174 valence electrons. The van der Waals surface area contributed by atoms with E-state index >= 15 is 0 Å². The molecular formula is C34H21NOS. The van der Waals surface area contributed by atoms with E-state index in [2.05, 4.69) is 108 Å². The van der Waals surface area contributed by atoms with Gasteiger partial charge in [-0.25, -0.2) is 0 Å². The Kier molecular flexibility index (Phi) is 4.42. The van der Waals surface area contributed by atoms with Crippen LogP contribution in [-0.4, -0.2) is 0 Å². The fourth-order valence-corrected chi connectivity index (χ4v) is 6.67. The summed E-state index contributed by atoms with van der Waals surface area (Å²) in [5, 5.41) is 5.09. The minimum absolute atomic E-state index is 0.865. The largest absolute Gasteiger partial charge is 0.453 e. The van der Waals surface area contributed by atoms with Gasteiger partial charge in [-0.1, -0.05) is 78.9 Å². The monoisotopic (exact) mass is 491 g/mol. The average molecular weight is 492 g/mol. The Bertz CT molecular complexity index is 1940. The average Bonchev–Trinajstić information content (AvgIpc) is 3.33. The summed E-state index contributed by atoms with van der Waals surface area (Å²) in [5.74, 6) is 1.73. The van der Waals surface area contributed by atoms with Crippen LogP contribution in [0.15, 0.2) is 127 Å². The molecule has 3 heteroatoms. The second-order valence-corrected chi connectivity index (χ2v) is 10.4. The van der Waals surface area contributed by atoms with Crippen molar-refractivity contribution in [2.24, 2.45) is 0 Å². The van der Waals surface area contributed by atoms with E-state index in [1.54, 1.807) is 0 Å². The molecule has 0 N–H and O–H groups in total. The first kappa shape index (κ1) is 20.6. The molecule has 0 fully saturated rings. The lowest BCUT2D eigenvalue weighted by atomic mass is 9.95. The number of nitrogens with zero attached hydrogens (tertiary/aromatic N) is 1. The van der Waals surface area contributed by atoms with Gasteiger partial charge in [0.1, 0.15) is 0 Å². The van der Waals surface area contributed by atoms with E-state index in [4.69, 9.17) is 4.74 Å². The number of hydrogen-bond acceptors (Lipinski definition) is 3. The van der Waals surface area contributed by atoms with Crippen molar-refractivity contribution >= 4 is 59.3 Å². The van der Waals surface area contributed by atoms with E-state index in [1.165, 1.54) is 42.1 Å². The molecule has 0 aliphatic carbocycles. The van der Waals surface area contributed by atoms with Crippen LogP contribution in [0.2, 0.25) is 0 Å². The van der Waals surface area contributed by atoms with E-state index < -0.39 is 0 Å². The van der Waals surface area contributed by atoms with Crippen LogP contribution in [0.25, 0.3) is 42.1 Å². The van der Waals surface area contributed by atoms with Crippen LogP contribution in [0.3, 0.4) is 0 Å². The first-order chi connectivity index (χ1) is 18.3. The molecule has 1 aromatic heterocycles. The number of thiophene rings is 1. The topological polar surface area (TPSA) is 12.5 Å². The van der Waals surface area contributed by atoms with Crippen molar-refractivity contribution < 1.29 is 4.74 Å². The van der Waals surface area contributed by atoms with Crippen LogP contribution in [-0.2, 0) is 0 Å². The zero-order valence-electron chi connectivity index (χ0n) is 19.9. The molecule has 0 spiro atoms. The highest BCUT2D eigenvalue weighted by Crippen LogP contribution is 2.52. The van der Waals surface area contributed by atoms with Crippen molar-refractivity contribution in [2.45, 2.75) is 0 Å². The van der Waals surface area contributed by atoms with Crippen LogP contribution in [0.4, 0.5) is 17.1 Å². The van der Waals surface area contributed by atoms with Gasteiger partial charge in [-0.15, -0.1) is 11.3 Å². The molecule has 0 unspecified atom stereocenters. The van der Waals surface area contributed by atoms with Gasteiger partial charge >= 0.3 is 0 Å². The van der Waals surface area contributed by atoms with E-state index in [0.717, 1.165) is 28.6 Å². The predicted octanol–water partition coefficient (Wildman–Crippen LogP) is 10.5. The first-order valence-electron chi connectivity index (χ1n) is 12.4. The summed E-state index contributed by atoms with van der Waals surface area (Å²) in [5.41, 5.74) is 5.72. The molecule has 0 radical (unpaired) electrons. The number of fused-ring (bicyclic) bond motifs is 6. The van der Waals surface area contributed by atoms with Crippen LogP contribution in [0.5, 0.6) is 11.5 Å². The minimum atomic E-state index is 0.865. The smallest absolute Gasteiger partial charge is 0.151 e. The lowest BCUT2D eigenvalue weighted by Crippen LogP contribution is -2.16. The molecule has 8 rings (SSSR count). The summed E-state index contributed by atoms with van der Waals surface area (Å²) in [6.45, 7) is 0. The fraction of sp³-hybridized carbons (Fsp3) is 0. The van der Waals surface area contributed by atoms with Gasteiger partial charge in [0, 0.05) is 25.6 Å². The number of para-hydroxylation sites is 4. The first-order valence-corrected chi connectivity index (χ1v) is 13.3.